The highest BCUT2D eigenvalue weighted by atomic mass is 35.5. The molecule has 9 heteroatoms. The molecule has 0 aliphatic carbocycles. The van der Waals surface area contributed by atoms with Crippen LogP contribution in [-0.2, 0) is 27.4 Å². The quantitative estimate of drug-likeness (QED) is 0.341. The van der Waals surface area contributed by atoms with Crippen molar-refractivity contribution in [1.82, 2.24) is 9.80 Å². The summed E-state index contributed by atoms with van der Waals surface area (Å²) in [4.78, 5) is 29.2. The molecule has 0 saturated heterocycles. The third-order valence-corrected chi connectivity index (χ3v) is 5.39. The largest absolute Gasteiger partial charge is 0.464 e. The minimum absolute atomic E-state index is 0.0771. The van der Waals surface area contributed by atoms with Gasteiger partial charge in [-0.3, -0.25) is 9.59 Å². The zero-order valence-corrected chi connectivity index (χ0v) is 20.1. The Morgan fingerprint density at radius 1 is 1.12 bits per heavy atom. The maximum absolute atomic E-state index is 13.4. The monoisotopic (exact) mass is 478 g/mol. The highest BCUT2D eigenvalue weighted by Crippen LogP contribution is 2.33. The average Bonchev–Trinajstić information content (AvgIpc) is 3.42. The van der Waals surface area contributed by atoms with Crippen molar-refractivity contribution in [3.8, 4) is 11.5 Å². The molecule has 180 valence electrons. The SMILES string of the molecule is CCOCCCN(CC(=O)N(Cc1ccc2c(c1)OCO2)Cc1ccc(C)o1)C(=O)C(C)Cl. The molecular formula is C24H31ClN2O6. The predicted molar refractivity (Wildman–Crippen MR) is 123 cm³/mol. The summed E-state index contributed by atoms with van der Waals surface area (Å²) in [7, 11) is 0. The van der Waals surface area contributed by atoms with Crippen LogP contribution in [0.25, 0.3) is 0 Å². The summed E-state index contributed by atoms with van der Waals surface area (Å²) in [5, 5.41) is -0.722. The summed E-state index contributed by atoms with van der Waals surface area (Å²) in [5.41, 5.74) is 0.885. The van der Waals surface area contributed by atoms with Crippen LogP contribution in [0.1, 0.15) is 37.4 Å². The second kappa shape index (κ2) is 12.0. The first-order valence-electron chi connectivity index (χ1n) is 11.1. The van der Waals surface area contributed by atoms with Gasteiger partial charge in [0, 0.05) is 26.3 Å². The van der Waals surface area contributed by atoms with Crippen molar-refractivity contribution in [2.24, 2.45) is 0 Å². The van der Waals surface area contributed by atoms with E-state index < -0.39 is 5.38 Å². The molecule has 1 aromatic heterocycles. The lowest BCUT2D eigenvalue weighted by molar-refractivity contribution is -0.141. The van der Waals surface area contributed by atoms with Gasteiger partial charge in [0.1, 0.15) is 16.9 Å². The van der Waals surface area contributed by atoms with Crippen LogP contribution >= 0.6 is 11.6 Å². The number of fused-ring (bicyclic) bond motifs is 1. The van der Waals surface area contributed by atoms with Gasteiger partial charge in [0.15, 0.2) is 11.5 Å². The van der Waals surface area contributed by atoms with Gasteiger partial charge in [-0.25, -0.2) is 0 Å². The van der Waals surface area contributed by atoms with Gasteiger partial charge in [-0.1, -0.05) is 6.07 Å². The molecular weight excluding hydrogens is 448 g/mol. The second-order valence-corrected chi connectivity index (χ2v) is 8.53. The normalized spacial score (nSPS) is 13.1. The van der Waals surface area contributed by atoms with E-state index in [1.807, 2.05) is 44.2 Å². The highest BCUT2D eigenvalue weighted by molar-refractivity contribution is 6.30. The van der Waals surface area contributed by atoms with E-state index in [1.54, 1.807) is 11.8 Å². The number of carbonyl (C=O) groups excluding carboxylic acids is 2. The molecule has 33 heavy (non-hydrogen) atoms. The number of hydrogen-bond acceptors (Lipinski definition) is 6. The molecule has 2 heterocycles. The molecule has 1 atom stereocenters. The van der Waals surface area contributed by atoms with E-state index in [2.05, 4.69) is 0 Å². The van der Waals surface area contributed by atoms with Crippen molar-refractivity contribution in [2.45, 2.75) is 45.7 Å². The first-order chi connectivity index (χ1) is 15.9. The number of ether oxygens (including phenoxy) is 3. The molecule has 2 aromatic rings. The number of alkyl halides is 1. The molecule has 1 aliphatic heterocycles. The van der Waals surface area contributed by atoms with Crippen molar-refractivity contribution < 1.29 is 28.2 Å². The van der Waals surface area contributed by atoms with E-state index in [-0.39, 0.29) is 31.7 Å². The molecule has 8 nitrogen and oxygen atoms in total. The van der Waals surface area contributed by atoms with Gasteiger partial charge in [-0.05, 0) is 57.0 Å². The third kappa shape index (κ3) is 7.14. The minimum atomic E-state index is -0.722. The van der Waals surface area contributed by atoms with Crippen LogP contribution in [0, 0.1) is 6.92 Å². The lowest BCUT2D eigenvalue weighted by atomic mass is 10.1. The maximum atomic E-state index is 13.4. The van der Waals surface area contributed by atoms with Crippen molar-refractivity contribution in [3.63, 3.8) is 0 Å². The molecule has 2 amide bonds. The molecule has 0 fully saturated rings. The van der Waals surface area contributed by atoms with E-state index in [0.29, 0.717) is 50.0 Å². The van der Waals surface area contributed by atoms with E-state index in [0.717, 1.165) is 11.3 Å². The molecule has 0 saturated carbocycles. The standard InChI is InChI=1S/C24H31ClN2O6/c1-4-30-11-5-10-26(24(29)18(3)25)15-23(28)27(14-20-8-6-17(2)33-20)13-19-7-9-21-22(12-19)32-16-31-21/h6-9,12,18H,4-5,10-11,13-16H2,1-3H3. The van der Waals surface area contributed by atoms with Crippen molar-refractivity contribution in [3.05, 3.63) is 47.4 Å². The molecule has 0 spiro atoms. The number of benzene rings is 1. The summed E-state index contributed by atoms with van der Waals surface area (Å²) in [6.45, 7) is 7.59. The number of amides is 2. The number of carbonyl (C=O) groups is 2. The Kier molecular flexibility index (Phi) is 9.03. The number of rotatable bonds is 12. The Labute approximate surface area is 199 Å². The molecule has 0 bridgehead atoms. The first kappa shape index (κ1) is 24.9. The molecule has 0 N–H and O–H groups in total. The highest BCUT2D eigenvalue weighted by Gasteiger charge is 2.25. The zero-order valence-electron chi connectivity index (χ0n) is 19.3. The maximum Gasteiger partial charge on any atom is 0.242 e. The molecule has 3 rings (SSSR count). The zero-order chi connectivity index (χ0) is 23.8. The fourth-order valence-corrected chi connectivity index (χ4v) is 3.67. The fourth-order valence-electron chi connectivity index (χ4n) is 3.53. The minimum Gasteiger partial charge on any atom is -0.464 e. The second-order valence-electron chi connectivity index (χ2n) is 7.88. The van der Waals surface area contributed by atoms with E-state index in [4.69, 9.17) is 30.2 Å². The summed E-state index contributed by atoms with van der Waals surface area (Å²) in [6.07, 6.45) is 0.621. The molecule has 1 unspecified atom stereocenters. The Morgan fingerprint density at radius 3 is 2.61 bits per heavy atom. The molecule has 1 aliphatic rings. The Hall–Kier alpha value is -2.71. The smallest absolute Gasteiger partial charge is 0.242 e. The Bertz CT molecular complexity index is 945. The van der Waals surface area contributed by atoms with Crippen molar-refractivity contribution in [2.75, 3.05) is 33.1 Å². The summed E-state index contributed by atoms with van der Waals surface area (Å²) in [5.74, 6) is 2.28. The van der Waals surface area contributed by atoms with Crippen LogP contribution < -0.4 is 9.47 Å². The predicted octanol–water partition coefficient (Wildman–Crippen LogP) is 3.73. The molecule has 0 radical (unpaired) electrons. The number of furan rings is 1. The number of hydrogen-bond donors (Lipinski definition) is 0. The van der Waals surface area contributed by atoms with Crippen LogP contribution in [0.2, 0.25) is 0 Å². The summed E-state index contributed by atoms with van der Waals surface area (Å²) >= 11 is 6.05. The van der Waals surface area contributed by atoms with Gasteiger partial charge in [-0.2, -0.15) is 0 Å². The van der Waals surface area contributed by atoms with E-state index >= 15 is 0 Å². The van der Waals surface area contributed by atoms with Crippen LogP contribution in [0.4, 0.5) is 0 Å². The van der Waals surface area contributed by atoms with Gasteiger partial charge in [-0.15, -0.1) is 11.6 Å². The Balaban J connectivity index is 1.75. The van der Waals surface area contributed by atoms with Crippen LogP contribution in [-0.4, -0.2) is 60.1 Å². The molecule has 1 aromatic carbocycles. The van der Waals surface area contributed by atoms with E-state index in [9.17, 15) is 9.59 Å². The van der Waals surface area contributed by atoms with Crippen LogP contribution in [0.15, 0.2) is 34.7 Å². The lowest BCUT2D eigenvalue weighted by Gasteiger charge is -2.28. The van der Waals surface area contributed by atoms with Gasteiger partial charge in [0.25, 0.3) is 0 Å². The average molecular weight is 479 g/mol. The lowest BCUT2D eigenvalue weighted by Crippen LogP contribution is -2.45. The van der Waals surface area contributed by atoms with E-state index in [1.165, 1.54) is 4.90 Å². The number of aryl methyl sites for hydroxylation is 1. The topological polar surface area (TPSA) is 81.5 Å². The number of nitrogens with zero attached hydrogens (tertiary/aromatic N) is 2. The third-order valence-electron chi connectivity index (χ3n) is 5.20. The van der Waals surface area contributed by atoms with Gasteiger partial charge in [0.05, 0.1) is 13.1 Å². The van der Waals surface area contributed by atoms with Crippen LogP contribution in [0.3, 0.4) is 0 Å². The summed E-state index contributed by atoms with van der Waals surface area (Å²) < 4.78 is 21.9. The fraction of sp³-hybridized carbons (Fsp3) is 0.500. The summed E-state index contributed by atoms with van der Waals surface area (Å²) in [6, 6.07) is 9.30. The number of halogens is 1. The van der Waals surface area contributed by atoms with Crippen LogP contribution in [0.5, 0.6) is 11.5 Å². The first-order valence-corrected chi connectivity index (χ1v) is 11.5. The van der Waals surface area contributed by atoms with Crippen molar-refractivity contribution in [1.29, 1.82) is 0 Å². The van der Waals surface area contributed by atoms with Gasteiger partial charge in [0.2, 0.25) is 18.6 Å². The Morgan fingerprint density at radius 2 is 1.91 bits per heavy atom. The van der Waals surface area contributed by atoms with Crippen molar-refractivity contribution >= 4 is 23.4 Å². The van der Waals surface area contributed by atoms with Gasteiger partial charge < -0.3 is 28.4 Å². The van der Waals surface area contributed by atoms with Gasteiger partial charge >= 0.3 is 0 Å².